The van der Waals surface area contributed by atoms with Gasteiger partial charge in [-0.1, -0.05) is 38.1 Å². The molecule has 1 aromatic heterocycles. The number of carbonyl (C=O) groups is 2. The number of alkyl halides is 3. The van der Waals surface area contributed by atoms with Crippen molar-refractivity contribution < 1.29 is 41.4 Å². The Morgan fingerprint density at radius 3 is 1.81 bits per heavy atom. The smallest absolute Gasteiger partial charge is 0.451 e. The molecule has 6 rings (SSSR count). The third-order valence-electron chi connectivity index (χ3n) is 8.59. The highest BCUT2D eigenvalue weighted by Crippen LogP contribution is 2.41. The largest absolute Gasteiger partial charge is 0.463 e. The summed E-state index contributed by atoms with van der Waals surface area (Å²) < 4.78 is 64.3. The molecule has 14 nitrogen and oxygen atoms in total. The number of nitrogens with zero attached hydrogens (tertiary/aromatic N) is 4. The molecule has 3 aliphatic heterocycles. The van der Waals surface area contributed by atoms with Crippen LogP contribution in [0.15, 0.2) is 74.4 Å². The lowest BCUT2D eigenvalue weighted by atomic mass is 10.1. The fraction of sp³-hybridized carbons (Fsp3) is 0.400. The van der Waals surface area contributed by atoms with E-state index >= 15 is 0 Å². The highest BCUT2D eigenvalue weighted by atomic mass is 19.4. The van der Waals surface area contributed by atoms with Crippen LogP contribution in [0.25, 0.3) is 0 Å². The Morgan fingerprint density at radius 2 is 1.37 bits per heavy atom. The number of hydrogen-bond acceptors (Lipinski definition) is 12. The molecule has 0 bridgehead atoms. The Labute approximate surface area is 297 Å². The normalized spacial score (nSPS) is 20.0. The number of ether oxygens (including phenoxy) is 3. The van der Waals surface area contributed by atoms with E-state index in [4.69, 9.17) is 30.1 Å². The van der Waals surface area contributed by atoms with E-state index < -0.39 is 47.6 Å². The molecule has 3 atom stereocenters. The maximum absolute atomic E-state index is 14.3. The number of halogens is 3. The fourth-order valence-electron chi connectivity index (χ4n) is 5.94. The Bertz CT molecular complexity index is 1890. The quantitative estimate of drug-likeness (QED) is 0.199. The van der Waals surface area contributed by atoms with Crippen LogP contribution in [0.4, 0.5) is 30.6 Å². The molecule has 276 valence electrons. The van der Waals surface area contributed by atoms with Gasteiger partial charge in [0.05, 0.1) is 12.1 Å². The summed E-state index contributed by atoms with van der Waals surface area (Å²) in [5.74, 6) is -3.55. The molecule has 0 saturated heterocycles. The van der Waals surface area contributed by atoms with Crippen LogP contribution in [-0.4, -0.2) is 66.5 Å². The number of anilines is 3. The highest BCUT2D eigenvalue weighted by Gasteiger charge is 2.51. The van der Waals surface area contributed by atoms with Crippen molar-refractivity contribution in [2.24, 2.45) is 21.5 Å². The number of nitrogens with two attached hydrogens (primary N) is 2. The van der Waals surface area contributed by atoms with Gasteiger partial charge in [0, 0.05) is 17.3 Å². The zero-order chi connectivity index (χ0) is 37.2. The van der Waals surface area contributed by atoms with E-state index in [0.29, 0.717) is 31.7 Å². The second kappa shape index (κ2) is 14.9. The molecule has 2 amide bonds. The Kier molecular flexibility index (Phi) is 10.3. The lowest BCUT2D eigenvalue weighted by molar-refractivity contribution is -0.134. The van der Waals surface area contributed by atoms with Crippen LogP contribution in [0.2, 0.25) is 0 Å². The minimum absolute atomic E-state index is 0.0102. The molecule has 0 fully saturated rings. The van der Waals surface area contributed by atoms with Crippen molar-refractivity contribution in [1.29, 1.82) is 0 Å². The van der Waals surface area contributed by atoms with Crippen molar-refractivity contribution in [1.82, 2.24) is 4.98 Å². The lowest BCUT2D eigenvalue weighted by Gasteiger charge is -2.20. The van der Waals surface area contributed by atoms with Crippen LogP contribution in [0.1, 0.15) is 66.9 Å². The van der Waals surface area contributed by atoms with Gasteiger partial charge in [0.15, 0.2) is 17.6 Å². The van der Waals surface area contributed by atoms with E-state index in [9.17, 15) is 22.8 Å². The minimum Gasteiger partial charge on any atom is -0.463 e. The Balaban J connectivity index is 1.18. The maximum Gasteiger partial charge on any atom is 0.451 e. The molecule has 6 N–H and O–H groups in total. The van der Waals surface area contributed by atoms with Crippen LogP contribution in [0.5, 0.6) is 0 Å². The predicted octanol–water partition coefficient (Wildman–Crippen LogP) is 4.94. The van der Waals surface area contributed by atoms with Crippen molar-refractivity contribution in [2.75, 3.05) is 28.7 Å². The molecule has 0 spiro atoms. The van der Waals surface area contributed by atoms with E-state index in [0.717, 1.165) is 28.9 Å². The number of nitrogens with one attached hydrogen (secondary N) is 2. The third-order valence-corrected chi connectivity index (χ3v) is 8.59. The van der Waals surface area contributed by atoms with Gasteiger partial charge in [-0.25, -0.2) is 9.98 Å². The molecule has 52 heavy (non-hydrogen) atoms. The number of allylic oxidation sites excluding steroid dienone is 1. The van der Waals surface area contributed by atoms with Crippen LogP contribution >= 0.6 is 0 Å². The van der Waals surface area contributed by atoms with Crippen molar-refractivity contribution in [2.45, 2.75) is 76.9 Å². The van der Waals surface area contributed by atoms with Crippen molar-refractivity contribution in [3.63, 3.8) is 0 Å². The summed E-state index contributed by atoms with van der Waals surface area (Å²) in [6.45, 7) is 5.65. The van der Waals surface area contributed by atoms with Crippen molar-refractivity contribution in [3.05, 3.63) is 82.6 Å². The number of hydrogen-bond donors (Lipinski definition) is 4. The molecule has 3 aromatic rings. The molecule has 0 saturated carbocycles. The van der Waals surface area contributed by atoms with Gasteiger partial charge in [-0.3, -0.25) is 14.5 Å². The van der Waals surface area contributed by atoms with Crippen molar-refractivity contribution >= 4 is 41.2 Å². The molecular formula is C35H39F3N8O6. The zero-order valence-electron chi connectivity index (χ0n) is 28.7. The van der Waals surface area contributed by atoms with Crippen LogP contribution in [0.3, 0.4) is 0 Å². The fourth-order valence-corrected chi connectivity index (χ4v) is 5.94. The van der Waals surface area contributed by atoms with Gasteiger partial charge in [0.25, 0.3) is 23.9 Å². The van der Waals surface area contributed by atoms with E-state index in [1.54, 1.807) is 50.2 Å². The van der Waals surface area contributed by atoms with Crippen molar-refractivity contribution in [3.8, 4) is 0 Å². The van der Waals surface area contributed by atoms with E-state index in [1.807, 2.05) is 12.1 Å². The first-order chi connectivity index (χ1) is 24.7. The number of oxazole rings is 1. The summed E-state index contributed by atoms with van der Waals surface area (Å²) in [4.78, 5) is 40.7. The van der Waals surface area contributed by atoms with Gasteiger partial charge in [-0.05, 0) is 68.0 Å². The number of carbonyl (C=O) groups excluding carboxylic acids is 2. The molecule has 4 heterocycles. The molecular weight excluding hydrogens is 685 g/mol. The summed E-state index contributed by atoms with van der Waals surface area (Å²) in [5.41, 5.74) is 12.8. The van der Waals surface area contributed by atoms with Gasteiger partial charge in [-0.15, -0.1) is 0 Å². The second-order valence-corrected chi connectivity index (χ2v) is 12.9. The summed E-state index contributed by atoms with van der Waals surface area (Å²) in [5, 5.41) is 5.29. The minimum atomic E-state index is -5.03. The van der Waals surface area contributed by atoms with Crippen LogP contribution in [-0.2, 0) is 31.8 Å². The topological polar surface area (TPSA) is 192 Å². The Hall–Kier alpha value is -5.74. The molecule has 0 radical (unpaired) electrons. The molecule has 3 unspecified atom stereocenters. The number of aliphatic imine (C=N–C) groups is 2. The Morgan fingerprint density at radius 1 is 0.865 bits per heavy atom. The lowest BCUT2D eigenvalue weighted by Crippen LogP contribution is -2.34. The number of amides is 2. The molecule has 3 aliphatic rings. The third kappa shape index (κ3) is 8.24. The zero-order valence-corrected chi connectivity index (χ0v) is 28.7. The van der Waals surface area contributed by atoms with E-state index in [2.05, 4.69) is 25.6 Å². The average Bonchev–Trinajstić information content (AvgIpc) is 3.90. The summed E-state index contributed by atoms with van der Waals surface area (Å²) >= 11 is 0. The molecule has 2 aromatic carbocycles. The number of benzene rings is 2. The number of amidine groups is 2. The molecule has 0 aliphatic carbocycles. The van der Waals surface area contributed by atoms with Crippen LogP contribution < -0.4 is 27.0 Å². The standard InChI is InChI=1S/C35H39F3N8O6/c1-18(2)28-26(30(47)41-22-10-4-20(5-11-22)8-14-24-16-49-32(39)43-24)45-34(52-28)46-19(3)51-29(35(36,37)38)27(46)31(48)42-23-12-6-21(7-13-23)9-15-25-17-50-33(40)44-25/h4-7,10-13,18-19,24-25H,8-9,14-17H2,1-3H3,(H2,39,43)(H2,40,44)(H,41,47)(H,42,48). The van der Waals surface area contributed by atoms with Gasteiger partial charge >= 0.3 is 12.2 Å². The summed E-state index contributed by atoms with van der Waals surface area (Å²) in [7, 11) is 0. The first kappa shape index (κ1) is 36.1. The maximum atomic E-state index is 14.3. The summed E-state index contributed by atoms with van der Waals surface area (Å²) in [6, 6.07) is 13.7. The number of aryl methyl sites for hydroxylation is 2. The van der Waals surface area contributed by atoms with E-state index in [1.165, 1.54) is 6.92 Å². The molecule has 17 heteroatoms. The summed E-state index contributed by atoms with van der Waals surface area (Å²) in [6.07, 6.45) is -3.59. The number of rotatable bonds is 12. The first-order valence-electron chi connectivity index (χ1n) is 16.8. The van der Waals surface area contributed by atoms with E-state index in [-0.39, 0.29) is 41.3 Å². The first-order valence-corrected chi connectivity index (χ1v) is 16.8. The van der Waals surface area contributed by atoms with Gasteiger partial charge in [0.1, 0.15) is 19.0 Å². The second-order valence-electron chi connectivity index (χ2n) is 12.9. The number of aromatic nitrogens is 1. The van der Waals surface area contributed by atoms with Gasteiger partial charge in [0.2, 0.25) is 5.76 Å². The predicted molar refractivity (Wildman–Crippen MR) is 186 cm³/mol. The van der Waals surface area contributed by atoms with Gasteiger partial charge in [-0.2, -0.15) is 18.2 Å². The van der Waals surface area contributed by atoms with Crippen LogP contribution in [0, 0.1) is 0 Å². The monoisotopic (exact) mass is 724 g/mol. The van der Waals surface area contributed by atoms with Gasteiger partial charge < -0.3 is 40.7 Å². The average molecular weight is 725 g/mol. The highest BCUT2D eigenvalue weighted by molar-refractivity contribution is 6.07. The SMILES string of the molecule is CC(C)c1oc(N2C(C(=O)Nc3ccc(CCC4COC(N)=N4)cc3)=C(C(F)(F)F)OC2C)nc1C(=O)Nc1ccc(CCC2COC(N)=N2)cc1.